The third-order valence-corrected chi connectivity index (χ3v) is 5.44. The molecule has 2 rings (SSSR count). The zero-order valence-corrected chi connectivity index (χ0v) is 13.4. The molecule has 1 saturated heterocycles. The molecule has 0 amide bonds. The third-order valence-electron chi connectivity index (χ3n) is 4.07. The van der Waals surface area contributed by atoms with Gasteiger partial charge in [-0.05, 0) is 24.9 Å². The predicted molar refractivity (Wildman–Crippen MR) is 86.3 cm³/mol. The lowest BCUT2D eigenvalue weighted by atomic mass is 10.2. The monoisotopic (exact) mass is 294 g/mol. The van der Waals surface area contributed by atoms with E-state index in [9.17, 15) is 4.21 Å². The Hall–Kier alpha value is -0.710. The quantitative estimate of drug-likeness (QED) is 0.835. The highest BCUT2D eigenvalue weighted by Crippen LogP contribution is 2.13. The lowest BCUT2D eigenvalue weighted by Gasteiger charge is -2.17. The number of hydrogen-bond acceptors (Lipinski definition) is 3. The Labute approximate surface area is 125 Å². The SMILES string of the molecule is CC(CCNC1CCN(Cc2ccccc2)C1)S(C)=O. The zero-order chi connectivity index (χ0) is 14.4. The fourth-order valence-electron chi connectivity index (χ4n) is 2.64. The Morgan fingerprint density at radius 2 is 2.15 bits per heavy atom. The van der Waals surface area contributed by atoms with Gasteiger partial charge in [-0.25, -0.2) is 0 Å². The van der Waals surface area contributed by atoms with Crippen molar-refractivity contribution in [1.29, 1.82) is 0 Å². The van der Waals surface area contributed by atoms with Gasteiger partial charge in [-0.1, -0.05) is 37.3 Å². The van der Waals surface area contributed by atoms with Crippen LogP contribution in [-0.4, -0.2) is 46.3 Å². The summed E-state index contributed by atoms with van der Waals surface area (Å²) in [7, 11) is -0.697. The first-order valence-electron chi connectivity index (χ1n) is 7.47. The molecule has 1 fully saturated rings. The Balaban J connectivity index is 1.66. The Kier molecular flexibility index (Phi) is 6.20. The van der Waals surface area contributed by atoms with E-state index in [1.165, 1.54) is 18.5 Å². The molecule has 0 spiro atoms. The molecule has 20 heavy (non-hydrogen) atoms. The minimum Gasteiger partial charge on any atom is -0.313 e. The van der Waals surface area contributed by atoms with E-state index in [1.807, 2.05) is 0 Å². The van der Waals surface area contributed by atoms with Gasteiger partial charge in [0.1, 0.15) is 0 Å². The maximum atomic E-state index is 11.3. The molecule has 0 aromatic heterocycles. The van der Waals surface area contributed by atoms with Gasteiger partial charge in [0.25, 0.3) is 0 Å². The van der Waals surface area contributed by atoms with Crippen LogP contribution in [0.15, 0.2) is 30.3 Å². The lowest BCUT2D eigenvalue weighted by Crippen LogP contribution is -2.34. The summed E-state index contributed by atoms with van der Waals surface area (Å²) in [4.78, 5) is 2.51. The lowest BCUT2D eigenvalue weighted by molar-refractivity contribution is 0.320. The Morgan fingerprint density at radius 3 is 2.85 bits per heavy atom. The fraction of sp³-hybridized carbons (Fsp3) is 0.625. The smallest absolute Gasteiger partial charge is 0.0329 e. The number of likely N-dealkylation sites (tertiary alicyclic amines) is 1. The highest BCUT2D eigenvalue weighted by molar-refractivity contribution is 7.84. The van der Waals surface area contributed by atoms with E-state index in [-0.39, 0.29) is 0 Å². The molecular formula is C16H26N2OS. The highest BCUT2D eigenvalue weighted by atomic mass is 32.2. The van der Waals surface area contributed by atoms with Crippen LogP contribution in [0.25, 0.3) is 0 Å². The number of hydrogen-bond donors (Lipinski definition) is 1. The van der Waals surface area contributed by atoms with E-state index in [0.29, 0.717) is 11.3 Å². The molecule has 112 valence electrons. The first-order chi connectivity index (χ1) is 9.65. The third kappa shape index (κ3) is 5.00. The van der Waals surface area contributed by atoms with Crippen LogP contribution in [-0.2, 0) is 17.3 Å². The molecule has 1 heterocycles. The maximum absolute atomic E-state index is 11.3. The van der Waals surface area contributed by atoms with Crippen molar-refractivity contribution in [3.8, 4) is 0 Å². The van der Waals surface area contributed by atoms with Gasteiger partial charge in [-0.15, -0.1) is 0 Å². The summed E-state index contributed by atoms with van der Waals surface area (Å²) in [5.41, 5.74) is 1.39. The van der Waals surface area contributed by atoms with Crippen molar-refractivity contribution in [1.82, 2.24) is 10.2 Å². The van der Waals surface area contributed by atoms with Crippen molar-refractivity contribution in [2.45, 2.75) is 37.6 Å². The molecule has 1 aromatic carbocycles. The van der Waals surface area contributed by atoms with Crippen LogP contribution in [0.5, 0.6) is 0 Å². The molecule has 1 aliphatic heterocycles. The van der Waals surface area contributed by atoms with Gasteiger partial charge >= 0.3 is 0 Å². The van der Waals surface area contributed by atoms with Crippen molar-refractivity contribution < 1.29 is 4.21 Å². The van der Waals surface area contributed by atoms with Crippen molar-refractivity contribution in [3.63, 3.8) is 0 Å². The maximum Gasteiger partial charge on any atom is 0.0329 e. The summed E-state index contributed by atoms with van der Waals surface area (Å²) >= 11 is 0. The van der Waals surface area contributed by atoms with Gasteiger partial charge in [0.15, 0.2) is 0 Å². The van der Waals surface area contributed by atoms with Gasteiger partial charge in [-0.3, -0.25) is 9.11 Å². The topological polar surface area (TPSA) is 32.3 Å². The number of benzene rings is 1. The molecule has 1 aliphatic rings. The Bertz CT molecular complexity index is 424. The first-order valence-corrected chi connectivity index (χ1v) is 9.09. The van der Waals surface area contributed by atoms with E-state index in [4.69, 9.17) is 0 Å². The average molecular weight is 294 g/mol. The molecule has 3 unspecified atom stereocenters. The zero-order valence-electron chi connectivity index (χ0n) is 12.5. The van der Waals surface area contributed by atoms with Crippen molar-refractivity contribution >= 4 is 10.8 Å². The van der Waals surface area contributed by atoms with Crippen molar-refractivity contribution in [3.05, 3.63) is 35.9 Å². The summed E-state index contributed by atoms with van der Waals surface area (Å²) in [6.45, 7) is 6.38. The second-order valence-corrected chi connectivity index (χ2v) is 7.56. The Morgan fingerprint density at radius 1 is 1.40 bits per heavy atom. The predicted octanol–water partition coefficient (Wildman–Crippen LogP) is 2.01. The van der Waals surface area contributed by atoms with Crippen LogP contribution < -0.4 is 5.32 Å². The van der Waals surface area contributed by atoms with Crippen LogP contribution in [0.1, 0.15) is 25.3 Å². The number of nitrogens with one attached hydrogen (secondary N) is 1. The van der Waals surface area contributed by atoms with E-state index < -0.39 is 10.8 Å². The molecule has 1 aromatic rings. The largest absolute Gasteiger partial charge is 0.313 e. The second-order valence-electron chi connectivity index (χ2n) is 5.76. The van der Waals surface area contributed by atoms with Gasteiger partial charge in [-0.2, -0.15) is 0 Å². The second kappa shape index (κ2) is 7.91. The summed E-state index contributed by atoms with van der Waals surface area (Å²) in [6, 6.07) is 11.3. The summed E-state index contributed by atoms with van der Waals surface area (Å²) in [5, 5.41) is 3.90. The molecule has 1 N–H and O–H groups in total. The van der Waals surface area contributed by atoms with Gasteiger partial charge in [0.05, 0.1) is 0 Å². The minimum absolute atomic E-state index is 0.296. The molecule has 0 radical (unpaired) electrons. The van der Waals surface area contributed by atoms with Gasteiger partial charge in [0.2, 0.25) is 0 Å². The van der Waals surface area contributed by atoms with Crippen molar-refractivity contribution in [2.24, 2.45) is 0 Å². The minimum atomic E-state index is -0.697. The molecule has 4 heteroatoms. The van der Waals surface area contributed by atoms with Gasteiger partial charge in [0, 0.05) is 48.0 Å². The fourth-order valence-corrected chi connectivity index (χ4v) is 3.09. The van der Waals surface area contributed by atoms with Gasteiger partial charge < -0.3 is 5.32 Å². The summed E-state index contributed by atoms with van der Waals surface area (Å²) < 4.78 is 11.3. The van der Waals surface area contributed by atoms with Crippen LogP contribution in [0, 0.1) is 0 Å². The summed E-state index contributed by atoms with van der Waals surface area (Å²) in [6.07, 6.45) is 4.01. The molecule has 0 saturated carbocycles. The van der Waals surface area contributed by atoms with Crippen LogP contribution in [0.2, 0.25) is 0 Å². The first kappa shape index (κ1) is 15.7. The van der Waals surface area contributed by atoms with E-state index >= 15 is 0 Å². The molecule has 0 aliphatic carbocycles. The highest BCUT2D eigenvalue weighted by Gasteiger charge is 2.21. The van der Waals surface area contributed by atoms with Crippen LogP contribution in [0.3, 0.4) is 0 Å². The van der Waals surface area contributed by atoms with E-state index in [0.717, 1.165) is 26.1 Å². The normalized spacial score (nSPS) is 22.8. The molecule has 0 bridgehead atoms. The van der Waals surface area contributed by atoms with E-state index in [2.05, 4.69) is 47.5 Å². The standard InChI is InChI=1S/C16H26N2OS/c1-14(20(2)19)8-10-17-16-9-11-18(13-16)12-15-6-4-3-5-7-15/h3-7,14,16-17H,8-13H2,1-2H3. The van der Waals surface area contributed by atoms with Crippen molar-refractivity contribution in [2.75, 3.05) is 25.9 Å². The summed E-state index contributed by atoms with van der Waals surface area (Å²) in [5.74, 6) is 0. The molecule has 3 nitrogen and oxygen atoms in total. The van der Waals surface area contributed by atoms with E-state index in [1.54, 1.807) is 6.26 Å². The molecule has 3 atom stereocenters. The van der Waals surface area contributed by atoms with Crippen LogP contribution >= 0.6 is 0 Å². The number of nitrogens with zero attached hydrogens (tertiary/aromatic N) is 1. The average Bonchev–Trinajstić information content (AvgIpc) is 2.87. The molecular weight excluding hydrogens is 268 g/mol. The van der Waals surface area contributed by atoms with Crippen LogP contribution in [0.4, 0.5) is 0 Å². The number of rotatable bonds is 7.